The first-order valence-corrected chi connectivity index (χ1v) is 6.10. The molecule has 0 aliphatic heterocycles. The van der Waals surface area contributed by atoms with Crippen molar-refractivity contribution in [2.24, 2.45) is 0 Å². The molecule has 1 heterocycles. The average Bonchev–Trinajstić information content (AvgIpc) is 2.90. The largest absolute Gasteiger partial charge is 0.476 e. The number of rotatable bonds is 6. The van der Waals surface area contributed by atoms with Gasteiger partial charge in [0.15, 0.2) is 5.69 Å². The number of carbonyl (C=O) groups is 2. The number of amides is 1. The molecule has 21 heavy (non-hydrogen) atoms. The Bertz CT molecular complexity index is 653. The maximum Gasteiger partial charge on any atom is 0.358 e. The third-order valence-electron chi connectivity index (χ3n) is 2.65. The van der Waals surface area contributed by atoms with Crippen molar-refractivity contribution in [3.8, 4) is 0 Å². The second kappa shape index (κ2) is 6.62. The van der Waals surface area contributed by atoms with Gasteiger partial charge in [-0.25, -0.2) is 9.48 Å². The lowest BCUT2D eigenvalue weighted by Crippen LogP contribution is -2.20. The number of hydrogen-bond acceptors (Lipinski definition) is 5. The van der Waals surface area contributed by atoms with Crippen molar-refractivity contribution in [1.29, 1.82) is 0 Å². The smallest absolute Gasteiger partial charge is 0.358 e. The predicted octanol–water partition coefficient (Wildman–Crippen LogP) is 0.761. The van der Waals surface area contributed by atoms with Crippen LogP contribution in [0.3, 0.4) is 0 Å². The molecule has 0 radical (unpaired) electrons. The van der Waals surface area contributed by atoms with Crippen molar-refractivity contribution in [2.75, 3.05) is 12.4 Å². The van der Waals surface area contributed by atoms with Crippen LogP contribution in [0.4, 0.5) is 5.69 Å². The Morgan fingerprint density at radius 2 is 2.14 bits per heavy atom. The average molecular weight is 290 g/mol. The van der Waals surface area contributed by atoms with E-state index < -0.39 is 5.97 Å². The summed E-state index contributed by atoms with van der Waals surface area (Å²) in [4.78, 5) is 22.6. The zero-order valence-electron chi connectivity index (χ0n) is 11.3. The van der Waals surface area contributed by atoms with E-state index in [1.54, 1.807) is 19.2 Å². The molecule has 0 saturated heterocycles. The summed E-state index contributed by atoms with van der Waals surface area (Å²) >= 11 is 0. The first kappa shape index (κ1) is 14.7. The van der Waals surface area contributed by atoms with E-state index in [-0.39, 0.29) is 18.1 Å². The summed E-state index contributed by atoms with van der Waals surface area (Å²) in [6.07, 6.45) is 1.20. The van der Waals surface area contributed by atoms with Gasteiger partial charge in [0.05, 0.1) is 12.8 Å². The number of carbonyl (C=O) groups excluding carboxylic acids is 1. The van der Waals surface area contributed by atoms with Crippen LogP contribution < -0.4 is 5.32 Å². The van der Waals surface area contributed by atoms with Crippen molar-refractivity contribution in [2.45, 2.75) is 13.2 Å². The first-order valence-electron chi connectivity index (χ1n) is 6.10. The highest BCUT2D eigenvalue weighted by Gasteiger charge is 2.11. The Hall–Kier alpha value is -2.74. The van der Waals surface area contributed by atoms with Crippen molar-refractivity contribution >= 4 is 17.6 Å². The minimum Gasteiger partial charge on any atom is -0.476 e. The molecule has 1 amide bonds. The van der Waals surface area contributed by atoms with Crippen LogP contribution in [0.1, 0.15) is 16.1 Å². The lowest BCUT2D eigenvalue weighted by molar-refractivity contribution is -0.116. The van der Waals surface area contributed by atoms with Crippen LogP contribution in [0.2, 0.25) is 0 Å². The lowest BCUT2D eigenvalue weighted by Gasteiger charge is -2.10. The van der Waals surface area contributed by atoms with Gasteiger partial charge in [0.1, 0.15) is 6.54 Å². The molecule has 1 aromatic carbocycles. The molecule has 8 heteroatoms. The molecule has 0 aliphatic rings. The van der Waals surface area contributed by atoms with Crippen LogP contribution in [-0.2, 0) is 22.7 Å². The summed E-state index contributed by atoms with van der Waals surface area (Å²) in [5.41, 5.74) is 1.28. The highest BCUT2D eigenvalue weighted by molar-refractivity contribution is 5.91. The summed E-state index contributed by atoms with van der Waals surface area (Å²) in [6, 6.07) is 7.25. The van der Waals surface area contributed by atoms with Crippen molar-refractivity contribution in [3.63, 3.8) is 0 Å². The molecule has 110 valence electrons. The summed E-state index contributed by atoms with van der Waals surface area (Å²) in [6.45, 7) is 0.255. The van der Waals surface area contributed by atoms with E-state index in [0.29, 0.717) is 12.3 Å². The summed E-state index contributed by atoms with van der Waals surface area (Å²) in [7, 11) is 1.57. The molecule has 0 saturated carbocycles. The number of aromatic carboxylic acids is 1. The highest BCUT2D eigenvalue weighted by Crippen LogP contribution is 2.15. The summed E-state index contributed by atoms with van der Waals surface area (Å²) in [5, 5.41) is 18.5. The van der Waals surface area contributed by atoms with Crippen LogP contribution in [-0.4, -0.2) is 39.1 Å². The number of hydrogen-bond donors (Lipinski definition) is 2. The molecule has 0 unspecified atom stereocenters. The van der Waals surface area contributed by atoms with Gasteiger partial charge in [-0.1, -0.05) is 23.4 Å². The van der Waals surface area contributed by atoms with Gasteiger partial charge in [-0.15, -0.1) is 5.10 Å². The number of benzene rings is 1. The number of carboxylic acid groups (broad SMARTS) is 1. The Morgan fingerprint density at radius 1 is 1.38 bits per heavy atom. The second-order valence-corrected chi connectivity index (χ2v) is 4.24. The molecule has 2 rings (SSSR count). The Balaban J connectivity index is 2.02. The minimum absolute atomic E-state index is 0.123. The Morgan fingerprint density at radius 3 is 2.81 bits per heavy atom. The molecule has 0 aliphatic carbocycles. The molecule has 1 aromatic heterocycles. The quantitative estimate of drug-likeness (QED) is 0.813. The number of nitrogens with zero attached hydrogens (tertiary/aromatic N) is 3. The SMILES string of the molecule is COCc1ccccc1NC(=O)Cn1cc(C(=O)O)nn1. The fraction of sp³-hybridized carbons (Fsp3) is 0.231. The summed E-state index contributed by atoms with van der Waals surface area (Å²) in [5.74, 6) is -1.52. The van der Waals surface area contributed by atoms with Gasteiger partial charge in [-0.2, -0.15) is 0 Å². The van der Waals surface area contributed by atoms with Gasteiger partial charge in [0.25, 0.3) is 0 Å². The van der Waals surface area contributed by atoms with Gasteiger partial charge in [0.2, 0.25) is 5.91 Å². The fourth-order valence-corrected chi connectivity index (χ4v) is 1.73. The number of aromatic nitrogens is 3. The van der Waals surface area contributed by atoms with E-state index in [1.807, 2.05) is 12.1 Å². The van der Waals surface area contributed by atoms with Crippen LogP contribution >= 0.6 is 0 Å². The van der Waals surface area contributed by atoms with Crippen molar-refractivity contribution < 1.29 is 19.4 Å². The Kier molecular flexibility index (Phi) is 4.62. The van der Waals surface area contributed by atoms with E-state index in [2.05, 4.69) is 15.6 Å². The van der Waals surface area contributed by atoms with Crippen LogP contribution in [0.15, 0.2) is 30.5 Å². The van der Waals surface area contributed by atoms with Crippen molar-refractivity contribution in [1.82, 2.24) is 15.0 Å². The van der Waals surface area contributed by atoms with Crippen molar-refractivity contribution in [3.05, 3.63) is 41.7 Å². The summed E-state index contributed by atoms with van der Waals surface area (Å²) < 4.78 is 6.22. The number of methoxy groups -OCH3 is 1. The first-order chi connectivity index (χ1) is 10.1. The van der Waals surface area contributed by atoms with E-state index in [0.717, 1.165) is 10.2 Å². The van der Waals surface area contributed by atoms with Crippen LogP contribution in [0.25, 0.3) is 0 Å². The monoisotopic (exact) mass is 290 g/mol. The molecule has 2 N–H and O–H groups in total. The fourth-order valence-electron chi connectivity index (χ4n) is 1.73. The molecular weight excluding hydrogens is 276 g/mol. The topological polar surface area (TPSA) is 106 Å². The molecule has 0 atom stereocenters. The molecule has 2 aromatic rings. The van der Waals surface area contributed by atoms with Gasteiger partial charge in [-0.3, -0.25) is 4.79 Å². The second-order valence-electron chi connectivity index (χ2n) is 4.24. The third-order valence-corrected chi connectivity index (χ3v) is 2.65. The van der Waals surface area contributed by atoms with Gasteiger partial charge in [0, 0.05) is 18.4 Å². The predicted molar refractivity (Wildman–Crippen MR) is 72.8 cm³/mol. The number of ether oxygens (including phenoxy) is 1. The van der Waals surface area contributed by atoms with E-state index in [1.165, 1.54) is 6.20 Å². The zero-order chi connectivity index (χ0) is 15.2. The number of nitrogens with one attached hydrogen (secondary N) is 1. The van der Waals surface area contributed by atoms with E-state index in [9.17, 15) is 9.59 Å². The number of anilines is 1. The minimum atomic E-state index is -1.19. The zero-order valence-corrected chi connectivity index (χ0v) is 11.3. The van der Waals surface area contributed by atoms with E-state index in [4.69, 9.17) is 9.84 Å². The Labute approximate surface area is 120 Å². The maximum absolute atomic E-state index is 11.9. The number of carboxylic acids is 1. The van der Waals surface area contributed by atoms with Gasteiger partial charge in [-0.05, 0) is 6.07 Å². The number of para-hydroxylation sites is 1. The van der Waals surface area contributed by atoms with Crippen LogP contribution in [0, 0.1) is 0 Å². The third kappa shape index (κ3) is 3.86. The lowest BCUT2D eigenvalue weighted by atomic mass is 10.2. The van der Waals surface area contributed by atoms with Gasteiger partial charge < -0.3 is 15.2 Å². The molecule has 8 nitrogen and oxygen atoms in total. The van der Waals surface area contributed by atoms with Gasteiger partial charge >= 0.3 is 5.97 Å². The molecule has 0 bridgehead atoms. The van der Waals surface area contributed by atoms with E-state index >= 15 is 0 Å². The molecule has 0 fully saturated rings. The van der Waals surface area contributed by atoms with Crippen LogP contribution in [0.5, 0.6) is 0 Å². The standard InChI is InChI=1S/C13H14N4O4/c1-21-8-9-4-2-3-5-10(9)14-12(18)7-17-6-11(13(19)20)15-16-17/h2-6H,7-8H2,1H3,(H,14,18)(H,19,20). The normalized spacial score (nSPS) is 10.3. The maximum atomic E-state index is 11.9. The molecular formula is C13H14N4O4. The molecule has 0 spiro atoms. The highest BCUT2D eigenvalue weighted by atomic mass is 16.5.